The summed E-state index contributed by atoms with van der Waals surface area (Å²) in [5, 5.41) is 1.34. The Labute approximate surface area is 126 Å². The standard InChI is InChI=1S/C15H9Cl3O/c16-11-7-4-10(5-8-11)6-9-14(19)15-12(17)2-1-3-13(15)18/h1-9H/b9-6+. The summed E-state index contributed by atoms with van der Waals surface area (Å²) in [6, 6.07) is 12.1. The summed E-state index contributed by atoms with van der Waals surface area (Å²) in [5.41, 5.74) is 1.19. The monoisotopic (exact) mass is 310 g/mol. The van der Waals surface area contributed by atoms with Crippen molar-refractivity contribution in [3.05, 3.63) is 74.7 Å². The minimum absolute atomic E-state index is 0.231. The predicted molar refractivity (Wildman–Crippen MR) is 81.3 cm³/mol. The van der Waals surface area contributed by atoms with Crippen LogP contribution in [0.25, 0.3) is 6.08 Å². The van der Waals surface area contributed by atoms with Crippen molar-refractivity contribution in [3.8, 4) is 0 Å². The molecule has 0 unspecified atom stereocenters. The van der Waals surface area contributed by atoms with Crippen LogP contribution in [0.15, 0.2) is 48.5 Å². The van der Waals surface area contributed by atoms with E-state index in [1.807, 2.05) is 12.1 Å². The minimum atomic E-state index is -0.231. The summed E-state index contributed by atoms with van der Waals surface area (Å²) in [7, 11) is 0. The van der Waals surface area contributed by atoms with Crippen molar-refractivity contribution in [2.45, 2.75) is 0 Å². The first-order valence-corrected chi connectivity index (χ1v) is 6.63. The predicted octanol–water partition coefficient (Wildman–Crippen LogP) is 5.54. The third-order valence-electron chi connectivity index (χ3n) is 2.51. The molecule has 0 radical (unpaired) electrons. The number of ketones is 1. The molecule has 0 N–H and O–H groups in total. The Morgan fingerprint density at radius 2 is 1.47 bits per heavy atom. The molecular weight excluding hydrogens is 303 g/mol. The fourth-order valence-electron chi connectivity index (χ4n) is 1.56. The highest BCUT2D eigenvalue weighted by Crippen LogP contribution is 2.25. The number of rotatable bonds is 3. The van der Waals surface area contributed by atoms with Crippen LogP contribution in [0, 0.1) is 0 Å². The number of hydrogen-bond donors (Lipinski definition) is 0. The zero-order chi connectivity index (χ0) is 13.8. The van der Waals surface area contributed by atoms with Gasteiger partial charge in [0.15, 0.2) is 5.78 Å². The second kappa shape index (κ2) is 6.25. The fourth-order valence-corrected chi connectivity index (χ4v) is 2.27. The van der Waals surface area contributed by atoms with Gasteiger partial charge in [-0.15, -0.1) is 0 Å². The first-order chi connectivity index (χ1) is 9.08. The lowest BCUT2D eigenvalue weighted by atomic mass is 10.1. The number of benzene rings is 2. The van der Waals surface area contributed by atoms with Crippen LogP contribution in [-0.4, -0.2) is 5.78 Å². The van der Waals surface area contributed by atoms with Gasteiger partial charge in [-0.05, 0) is 35.9 Å². The molecule has 2 aromatic carbocycles. The average molecular weight is 312 g/mol. The Kier molecular flexibility index (Phi) is 4.65. The van der Waals surface area contributed by atoms with Gasteiger partial charge in [-0.1, -0.05) is 59.1 Å². The Morgan fingerprint density at radius 1 is 0.895 bits per heavy atom. The summed E-state index contributed by atoms with van der Waals surface area (Å²) in [6.07, 6.45) is 3.13. The topological polar surface area (TPSA) is 17.1 Å². The van der Waals surface area contributed by atoms with Crippen molar-refractivity contribution in [1.29, 1.82) is 0 Å². The summed E-state index contributed by atoms with van der Waals surface area (Å²) in [4.78, 5) is 12.0. The van der Waals surface area contributed by atoms with Crippen LogP contribution in [0.1, 0.15) is 15.9 Å². The maximum atomic E-state index is 12.0. The third-order valence-corrected chi connectivity index (χ3v) is 3.39. The molecule has 96 valence electrons. The van der Waals surface area contributed by atoms with Crippen LogP contribution in [0.2, 0.25) is 15.1 Å². The minimum Gasteiger partial charge on any atom is -0.289 e. The van der Waals surface area contributed by atoms with E-state index in [1.165, 1.54) is 6.08 Å². The molecule has 0 saturated heterocycles. The van der Waals surface area contributed by atoms with E-state index in [4.69, 9.17) is 34.8 Å². The molecule has 0 heterocycles. The van der Waals surface area contributed by atoms with Gasteiger partial charge < -0.3 is 0 Å². The lowest BCUT2D eigenvalue weighted by molar-refractivity contribution is 0.104. The van der Waals surface area contributed by atoms with Crippen LogP contribution in [0.5, 0.6) is 0 Å². The first kappa shape index (κ1) is 14.1. The van der Waals surface area contributed by atoms with E-state index in [1.54, 1.807) is 36.4 Å². The van der Waals surface area contributed by atoms with Crippen molar-refractivity contribution < 1.29 is 4.79 Å². The van der Waals surface area contributed by atoms with E-state index in [0.29, 0.717) is 20.6 Å². The van der Waals surface area contributed by atoms with Gasteiger partial charge in [0.05, 0.1) is 15.6 Å². The normalized spacial score (nSPS) is 10.9. The molecule has 2 aromatic rings. The number of hydrogen-bond acceptors (Lipinski definition) is 1. The zero-order valence-electron chi connectivity index (χ0n) is 9.74. The molecule has 0 aliphatic rings. The summed E-state index contributed by atoms with van der Waals surface area (Å²) in [6.45, 7) is 0. The fraction of sp³-hybridized carbons (Fsp3) is 0. The zero-order valence-corrected chi connectivity index (χ0v) is 12.0. The molecule has 0 fully saturated rings. The van der Waals surface area contributed by atoms with Crippen LogP contribution >= 0.6 is 34.8 Å². The van der Waals surface area contributed by atoms with E-state index in [0.717, 1.165) is 5.56 Å². The van der Waals surface area contributed by atoms with Gasteiger partial charge >= 0.3 is 0 Å². The molecule has 0 amide bonds. The lowest BCUT2D eigenvalue weighted by Crippen LogP contribution is -1.96. The Balaban J connectivity index is 2.24. The van der Waals surface area contributed by atoms with Gasteiger partial charge in [0.25, 0.3) is 0 Å². The molecule has 1 nitrogen and oxygen atoms in total. The quantitative estimate of drug-likeness (QED) is 0.537. The molecule has 0 aliphatic carbocycles. The van der Waals surface area contributed by atoms with Crippen LogP contribution in [-0.2, 0) is 0 Å². The van der Waals surface area contributed by atoms with Gasteiger partial charge in [-0.3, -0.25) is 4.79 Å². The lowest BCUT2D eigenvalue weighted by Gasteiger charge is -2.02. The largest absolute Gasteiger partial charge is 0.289 e. The van der Waals surface area contributed by atoms with Crippen molar-refractivity contribution in [2.75, 3.05) is 0 Å². The van der Waals surface area contributed by atoms with Crippen LogP contribution in [0.3, 0.4) is 0 Å². The maximum Gasteiger partial charge on any atom is 0.188 e. The molecule has 0 aliphatic heterocycles. The van der Waals surface area contributed by atoms with Gasteiger partial charge in [-0.2, -0.15) is 0 Å². The molecule has 2 rings (SSSR count). The second-order valence-corrected chi connectivity index (χ2v) is 5.10. The third kappa shape index (κ3) is 3.60. The smallest absolute Gasteiger partial charge is 0.188 e. The molecular formula is C15H9Cl3O. The number of carbonyl (C=O) groups is 1. The second-order valence-electron chi connectivity index (χ2n) is 3.85. The SMILES string of the molecule is O=C(/C=C/c1ccc(Cl)cc1)c1c(Cl)cccc1Cl. The highest BCUT2D eigenvalue weighted by atomic mass is 35.5. The molecule has 0 spiro atoms. The summed E-state index contributed by atoms with van der Waals surface area (Å²) in [5.74, 6) is -0.231. The van der Waals surface area contributed by atoms with E-state index in [2.05, 4.69) is 0 Å². The van der Waals surface area contributed by atoms with E-state index in [9.17, 15) is 4.79 Å². The van der Waals surface area contributed by atoms with E-state index in [-0.39, 0.29) is 5.78 Å². The van der Waals surface area contributed by atoms with Crippen LogP contribution < -0.4 is 0 Å². The number of allylic oxidation sites excluding steroid dienone is 1. The Bertz CT molecular complexity index is 610. The molecule has 19 heavy (non-hydrogen) atoms. The van der Waals surface area contributed by atoms with Crippen molar-refractivity contribution in [3.63, 3.8) is 0 Å². The van der Waals surface area contributed by atoms with E-state index >= 15 is 0 Å². The molecule has 0 atom stereocenters. The highest BCUT2D eigenvalue weighted by molar-refractivity contribution is 6.40. The number of halogens is 3. The first-order valence-electron chi connectivity index (χ1n) is 5.50. The van der Waals surface area contributed by atoms with Crippen molar-refractivity contribution in [2.24, 2.45) is 0 Å². The maximum absolute atomic E-state index is 12.0. The van der Waals surface area contributed by atoms with Gasteiger partial charge in [0.1, 0.15) is 0 Å². The Hall–Kier alpha value is -1.28. The Morgan fingerprint density at radius 3 is 2.05 bits per heavy atom. The molecule has 4 heteroatoms. The summed E-state index contributed by atoms with van der Waals surface area (Å²) >= 11 is 17.7. The van der Waals surface area contributed by atoms with E-state index < -0.39 is 0 Å². The average Bonchev–Trinajstić information content (AvgIpc) is 2.38. The van der Waals surface area contributed by atoms with Gasteiger partial charge in [0, 0.05) is 5.02 Å². The summed E-state index contributed by atoms with van der Waals surface area (Å²) < 4.78 is 0. The van der Waals surface area contributed by atoms with Crippen molar-refractivity contribution >= 4 is 46.7 Å². The molecule has 0 aromatic heterocycles. The molecule has 0 bridgehead atoms. The van der Waals surface area contributed by atoms with Gasteiger partial charge in [-0.25, -0.2) is 0 Å². The van der Waals surface area contributed by atoms with Crippen LogP contribution in [0.4, 0.5) is 0 Å². The molecule has 0 saturated carbocycles. The number of carbonyl (C=O) groups excluding carboxylic acids is 1. The highest BCUT2D eigenvalue weighted by Gasteiger charge is 2.11. The van der Waals surface area contributed by atoms with Crippen molar-refractivity contribution in [1.82, 2.24) is 0 Å². The van der Waals surface area contributed by atoms with Gasteiger partial charge in [0.2, 0.25) is 0 Å².